The summed E-state index contributed by atoms with van der Waals surface area (Å²) >= 11 is 1.14. The molecule has 8 nitrogen and oxygen atoms in total. The number of nitrogens with one attached hydrogen (secondary N) is 1. The van der Waals surface area contributed by atoms with Crippen molar-refractivity contribution in [2.75, 3.05) is 26.6 Å². The standard InChI is InChI=1S/C17H22N4O4S/c1-5-11-15(26-17(18)20-11)16(22)21-19-9-10-7-12(23-3)14(25-6-2)13(8-10)24-4/h7-9H,5-6H2,1-4H3,(H2,18,20)(H,21,22)/b19-9-. The Morgan fingerprint density at radius 1 is 1.31 bits per heavy atom. The number of carbonyl (C=O) groups excluding carboxylic acids is 1. The number of ether oxygens (including phenoxy) is 3. The van der Waals surface area contributed by atoms with E-state index in [1.165, 1.54) is 6.21 Å². The Balaban J connectivity index is 2.18. The van der Waals surface area contributed by atoms with Crippen LogP contribution in [0.15, 0.2) is 17.2 Å². The number of nitrogens with zero attached hydrogens (tertiary/aromatic N) is 2. The summed E-state index contributed by atoms with van der Waals surface area (Å²) in [6.07, 6.45) is 2.11. The lowest BCUT2D eigenvalue weighted by Crippen LogP contribution is -2.17. The maximum Gasteiger partial charge on any atom is 0.283 e. The van der Waals surface area contributed by atoms with Gasteiger partial charge in [-0.05, 0) is 25.5 Å². The van der Waals surface area contributed by atoms with Gasteiger partial charge in [0, 0.05) is 5.56 Å². The maximum atomic E-state index is 12.2. The van der Waals surface area contributed by atoms with E-state index in [1.807, 2.05) is 13.8 Å². The largest absolute Gasteiger partial charge is 0.493 e. The van der Waals surface area contributed by atoms with Crippen molar-refractivity contribution in [3.63, 3.8) is 0 Å². The predicted molar refractivity (Wildman–Crippen MR) is 102 cm³/mol. The molecule has 0 spiro atoms. The molecule has 0 aliphatic rings. The highest BCUT2D eigenvalue weighted by Gasteiger charge is 2.16. The average molecular weight is 378 g/mol. The van der Waals surface area contributed by atoms with E-state index in [9.17, 15) is 4.79 Å². The van der Waals surface area contributed by atoms with Crippen molar-refractivity contribution >= 4 is 28.6 Å². The quantitative estimate of drug-likeness (QED) is 0.540. The highest BCUT2D eigenvalue weighted by molar-refractivity contribution is 7.17. The molecular weight excluding hydrogens is 356 g/mol. The zero-order valence-corrected chi connectivity index (χ0v) is 16.0. The average Bonchev–Trinajstić information content (AvgIpc) is 3.03. The molecule has 0 aliphatic heterocycles. The topological polar surface area (TPSA) is 108 Å². The van der Waals surface area contributed by atoms with Gasteiger partial charge in [-0.1, -0.05) is 18.3 Å². The van der Waals surface area contributed by atoms with E-state index in [1.54, 1.807) is 26.4 Å². The van der Waals surface area contributed by atoms with Gasteiger partial charge in [0.25, 0.3) is 5.91 Å². The number of nitrogens with two attached hydrogens (primary N) is 1. The summed E-state index contributed by atoms with van der Waals surface area (Å²) in [6.45, 7) is 4.27. The summed E-state index contributed by atoms with van der Waals surface area (Å²) in [4.78, 5) is 16.8. The second-order valence-electron chi connectivity index (χ2n) is 5.07. The van der Waals surface area contributed by atoms with E-state index in [0.29, 0.717) is 51.5 Å². The number of aromatic nitrogens is 1. The van der Waals surface area contributed by atoms with Crippen LogP contribution in [0.1, 0.15) is 34.8 Å². The van der Waals surface area contributed by atoms with Crippen molar-refractivity contribution in [1.82, 2.24) is 10.4 Å². The molecule has 0 atom stereocenters. The molecule has 1 heterocycles. The van der Waals surface area contributed by atoms with Crippen LogP contribution in [0.5, 0.6) is 17.2 Å². The highest BCUT2D eigenvalue weighted by atomic mass is 32.1. The number of anilines is 1. The van der Waals surface area contributed by atoms with Gasteiger partial charge in [0.2, 0.25) is 5.75 Å². The first-order chi connectivity index (χ1) is 12.5. The van der Waals surface area contributed by atoms with Crippen LogP contribution in [0.2, 0.25) is 0 Å². The molecule has 2 rings (SSSR count). The second-order valence-corrected chi connectivity index (χ2v) is 6.10. The number of methoxy groups -OCH3 is 2. The number of thiazole rings is 1. The number of aryl methyl sites for hydroxylation is 1. The van der Waals surface area contributed by atoms with E-state index in [2.05, 4.69) is 15.5 Å². The Kier molecular flexibility index (Phi) is 6.79. The Hall–Kier alpha value is -2.81. The molecule has 2 aromatic rings. The van der Waals surface area contributed by atoms with Crippen LogP contribution in [-0.2, 0) is 6.42 Å². The maximum absolute atomic E-state index is 12.2. The number of hydrogen-bond donors (Lipinski definition) is 2. The third kappa shape index (κ3) is 4.42. The number of benzene rings is 1. The Labute approximate surface area is 156 Å². The molecule has 0 unspecified atom stereocenters. The number of hydrazone groups is 1. The van der Waals surface area contributed by atoms with Gasteiger partial charge < -0.3 is 19.9 Å². The molecule has 1 amide bonds. The van der Waals surface area contributed by atoms with Gasteiger partial charge in [-0.25, -0.2) is 10.4 Å². The Bertz CT molecular complexity index is 779. The molecule has 0 aliphatic carbocycles. The minimum atomic E-state index is -0.350. The van der Waals surface area contributed by atoms with Crippen molar-refractivity contribution in [1.29, 1.82) is 0 Å². The molecule has 140 valence electrons. The van der Waals surface area contributed by atoms with Crippen molar-refractivity contribution in [2.45, 2.75) is 20.3 Å². The number of carbonyl (C=O) groups is 1. The van der Waals surface area contributed by atoms with Crippen LogP contribution in [0.4, 0.5) is 5.13 Å². The summed E-state index contributed by atoms with van der Waals surface area (Å²) in [7, 11) is 3.08. The van der Waals surface area contributed by atoms with E-state index in [0.717, 1.165) is 11.3 Å². The van der Waals surface area contributed by atoms with Gasteiger partial charge in [0.05, 0.1) is 32.7 Å². The van der Waals surface area contributed by atoms with Gasteiger partial charge in [-0.15, -0.1) is 0 Å². The molecule has 26 heavy (non-hydrogen) atoms. The number of rotatable bonds is 8. The van der Waals surface area contributed by atoms with Gasteiger partial charge in [0.15, 0.2) is 16.6 Å². The van der Waals surface area contributed by atoms with E-state index in [-0.39, 0.29) is 5.91 Å². The van der Waals surface area contributed by atoms with Crippen LogP contribution in [0, 0.1) is 0 Å². The Morgan fingerprint density at radius 3 is 2.50 bits per heavy atom. The van der Waals surface area contributed by atoms with Gasteiger partial charge in [0.1, 0.15) is 4.88 Å². The monoisotopic (exact) mass is 378 g/mol. The number of amides is 1. The van der Waals surface area contributed by atoms with Crippen molar-refractivity contribution < 1.29 is 19.0 Å². The van der Waals surface area contributed by atoms with E-state index in [4.69, 9.17) is 19.9 Å². The van der Waals surface area contributed by atoms with Gasteiger partial charge in [-0.2, -0.15) is 5.10 Å². The highest BCUT2D eigenvalue weighted by Crippen LogP contribution is 2.38. The number of hydrogen-bond acceptors (Lipinski definition) is 8. The first-order valence-electron chi connectivity index (χ1n) is 8.01. The van der Waals surface area contributed by atoms with E-state index >= 15 is 0 Å². The third-order valence-corrected chi connectivity index (χ3v) is 4.33. The van der Waals surface area contributed by atoms with Crippen LogP contribution >= 0.6 is 11.3 Å². The smallest absolute Gasteiger partial charge is 0.283 e. The normalized spacial score (nSPS) is 10.8. The zero-order valence-electron chi connectivity index (χ0n) is 15.2. The molecule has 1 aromatic carbocycles. The first-order valence-corrected chi connectivity index (χ1v) is 8.83. The lowest BCUT2D eigenvalue weighted by Gasteiger charge is -2.14. The molecule has 0 fully saturated rings. The Morgan fingerprint density at radius 2 is 1.96 bits per heavy atom. The summed E-state index contributed by atoms with van der Waals surface area (Å²) in [5.74, 6) is 1.20. The lowest BCUT2D eigenvalue weighted by atomic mass is 10.2. The summed E-state index contributed by atoms with van der Waals surface area (Å²) in [5, 5.41) is 4.35. The summed E-state index contributed by atoms with van der Waals surface area (Å²) < 4.78 is 16.2. The number of nitrogen functional groups attached to an aromatic ring is 1. The molecule has 1 aromatic heterocycles. The zero-order chi connectivity index (χ0) is 19.1. The van der Waals surface area contributed by atoms with Crippen molar-refractivity contribution in [2.24, 2.45) is 5.10 Å². The first kappa shape index (κ1) is 19.5. The minimum Gasteiger partial charge on any atom is -0.493 e. The molecule has 3 N–H and O–H groups in total. The SMILES string of the molecule is CCOc1c(OC)cc(/C=N\NC(=O)c2sc(N)nc2CC)cc1OC. The van der Waals surface area contributed by atoms with Crippen molar-refractivity contribution in [3.05, 3.63) is 28.3 Å². The summed E-state index contributed by atoms with van der Waals surface area (Å²) in [6, 6.07) is 3.48. The molecule has 9 heteroatoms. The third-order valence-electron chi connectivity index (χ3n) is 3.41. The second kappa shape index (κ2) is 9.04. The predicted octanol–water partition coefficient (Wildman–Crippen LogP) is 2.47. The molecule has 0 bridgehead atoms. The fourth-order valence-corrected chi connectivity index (χ4v) is 3.08. The fraction of sp³-hybridized carbons (Fsp3) is 0.353. The minimum absolute atomic E-state index is 0.350. The van der Waals surface area contributed by atoms with E-state index < -0.39 is 0 Å². The van der Waals surface area contributed by atoms with Crippen LogP contribution in [0.3, 0.4) is 0 Å². The van der Waals surface area contributed by atoms with Gasteiger partial charge >= 0.3 is 0 Å². The van der Waals surface area contributed by atoms with Crippen LogP contribution in [0.25, 0.3) is 0 Å². The fourth-order valence-electron chi connectivity index (χ4n) is 2.26. The molecule has 0 saturated carbocycles. The van der Waals surface area contributed by atoms with Crippen molar-refractivity contribution in [3.8, 4) is 17.2 Å². The lowest BCUT2D eigenvalue weighted by molar-refractivity contribution is 0.0958. The van der Waals surface area contributed by atoms with Gasteiger partial charge in [-0.3, -0.25) is 4.79 Å². The molecule has 0 radical (unpaired) electrons. The molecular formula is C17H22N4O4S. The summed E-state index contributed by atoms with van der Waals surface area (Å²) in [5.41, 5.74) is 9.49. The van der Waals surface area contributed by atoms with Crippen LogP contribution in [-0.4, -0.2) is 37.9 Å². The molecule has 0 saturated heterocycles. The van der Waals surface area contributed by atoms with Crippen LogP contribution < -0.4 is 25.4 Å².